The molecule has 6 heteroatoms. The second-order valence-electron chi connectivity index (χ2n) is 6.15. The summed E-state index contributed by atoms with van der Waals surface area (Å²) in [4.78, 5) is 18.1. The zero-order valence-corrected chi connectivity index (χ0v) is 14.9. The number of para-hydroxylation sites is 2. The third kappa shape index (κ3) is 4.69. The molecule has 2 amide bonds. The van der Waals surface area contributed by atoms with Gasteiger partial charge in [-0.3, -0.25) is 0 Å². The molecule has 1 heterocycles. The van der Waals surface area contributed by atoms with Gasteiger partial charge in [0.1, 0.15) is 12.7 Å². The number of hydrogen-bond acceptors (Lipinski definition) is 3. The molecule has 0 aliphatic rings. The van der Waals surface area contributed by atoms with E-state index >= 15 is 0 Å². The number of nitrogens with zero attached hydrogens (tertiary/aromatic N) is 4. The summed E-state index contributed by atoms with van der Waals surface area (Å²) in [6.07, 6.45) is 6.13. The van der Waals surface area contributed by atoms with Gasteiger partial charge in [-0.1, -0.05) is 42.5 Å². The van der Waals surface area contributed by atoms with Crippen LogP contribution in [0, 0.1) is 0 Å². The largest absolute Gasteiger partial charge is 0.328 e. The van der Waals surface area contributed by atoms with Gasteiger partial charge in [0.2, 0.25) is 0 Å². The number of amides is 2. The SMILES string of the molecule is CN(CCCCc1ccccc1)C(=O)Nc1ccccc1-n1cncn1. The Balaban J connectivity index is 1.50. The van der Waals surface area contributed by atoms with Crippen molar-refractivity contribution in [3.05, 3.63) is 72.8 Å². The Morgan fingerprint density at radius 1 is 1.08 bits per heavy atom. The van der Waals surface area contributed by atoms with Crippen LogP contribution in [-0.2, 0) is 6.42 Å². The van der Waals surface area contributed by atoms with Crippen LogP contribution >= 0.6 is 0 Å². The van der Waals surface area contributed by atoms with Crippen molar-refractivity contribution in [3.63, 3.8) is 0 Å². The lowest BCUT2D eigenvalue weighted by Gasteiger charge is -2.19. The highest BCUT2D eigenvalue weighted by molar-refractivity contribution is 5.91. The lowest BCUT2D eigenvalue weighted by Crippen LogP contribution is -2.32. The van der Waals surface area contributed by atoms with Crippen molar-refractivity contribution in [2.75, 3.05) is 18.9 Å². The fraction of sp³-hybridized carbons (Fsp3) is 0.250. The smallest absolute Gasteiger partial charge is 0.321 e. The highest BCUT2D eigenvalue weighted by Gasteiger charge is 2.12. The van der Waals surface area contributed by atoms with Crippen LogP contribution in [0.5, 0.6) is 0 Å². The number of rotatable bonds is 7. The molecule has 1 aromatic heterocycles. The number of aromatic nitrogens is 3. The summed E-state index contributed by atoms with van der Waals surface area (Å²) in [6, 6.07) is 17.8. The summed E-state index contributed by atoms with van der Waals surface area (Å²) >= 11 is 0. The molecule has 0 fully saturated rings. The van der Waals surface area contributed by atoms with Crippen molar-refractivity contribution in [3.8, 4) is 5.69 Å². The maximum Gasteiger partial charge on any atom is 0.321 e. The van der Waals surface area contributed by atoms with Crippen LogP contribution in [0.1, 0.15) is 18.4 Å². The second kappa shape index (κ2) is 8.80. The van der Waals surface area contributed by atoms with Crippen LogP contribution in [0.2, 0.25) is 0 Å². The van der Waals surface area contributed by atoms with Gasteiger partial charge < -0.3 is 10.2 Å². The summed E-state index contributed by atoms with van der Waals surface area (Å²) in [5.74, 6) is 0. The van der Waals surface area contributed by atoms with E-state index < -0.39 is 0 Å². The Kier molecular flexibility index (Phi) is 5.98. The second-order valence-corrected chi connectivity index (χ2v) is 6.15. The number of unbranched alkanes of at least 4 members (excludes halogenated alkanes) is 1. The molecule has 0 spiro atoms. The molecule has 0 unspecified atom stereocenters. The molecule has 3 rings (SSSR count). The molecular weight excluding hydrogens is 326 g/mol. The number of anilines is 1. The lowest BCUT2D eigenvalue weighted by molar-refractivity contribution is 0.221. The summed E-state index contributed by atoms with van der Waals surface area (Å²) < 4.78 is 1.63. The Bertz CT molecular complexity index is 817. The van der Waals surface area contributed by atoms with Crippen LogP contribution in [0.3, 0.4) is 0 Å². The number of carbonyl (C=O) groups is 1. The van der Waals surface area contributed by atoms with Crippen molar-refractivity contribution < 1.29 is 4.79 Å². The van der Waals surface area contributed by atoms with Gasteiger partial charge in [-0.15, -0.1) is 0 Å². The van der Waals surface area contributed by atoms with Gasteiger partial charge in [-0.05, 0) is 37.0 Å². The lowest BCUT2D eigenvalue weighted by atomic mass is 10.1. The van der Waals surface area contributed by atoms with Crippen LogP contribution in [0.25, 0.3) is 5.69 Å². The zero-order chi connectivity index (χ0) is 18.2. The van der Waals surface area contributed by atoms with Gasteiger partial charge in [-0.25, -0.2) is 14.5 Å². The Hall–Kier alpha value is -3.15. The van der Waals surface area contributed by atoms with Crippen LogP contribution < -0.4 is 5.32 Å². The third-order valence-electron chi connectivity index (χ3n) is 4.21. The molecule has 2 aromatic carbocycles. The fourth-order valence-corrected chi connectivity index (χ4v) is 2.75. The first-order valence-corrected chi connectivity index (χ1v) is 8.74. The maximum atomic E-state index is 12.5. The highest BCUT2D eigenvalue weighted by Crippen LogP contribution is 2.19. The van der Waals surface area contributed by atoms with Crippen LogP contribution in [-0.4, -0.2) is 39.3 Å². The van der Waals surface area contributed by atoms with Crippen molar-refractivity contribution in [1.82, 2.24) is 19.7 Å². The third-order valence-corrected chi connectivity index (χ3v) is 4.21. The van der Waals surface area contributed by atoms with E-state index in [0.29, 0.717) is 12.2 Å². The van der Waals surface area contributed by atoms with Crippen LogP contribution in [0.4, 0.5) is 10.5 Å². The highest BCUT2D eigenvalue weighted by atomic mass is 16.2. The van der Waals surface area contributed by atoms with Crippen molar-refractivity contribution >= 4 is 11.7 Å². The predicted molar refractivity (Wildman–Crippen MR) is 102 cm³/mol. The molecule has 0 saturated carbocycles. The Morgan fingerprint density at radius 3 is 2.62 bits per heavy atom. The van der Waals surface area contributed by atoms with Gasteiger partial charge in [0.15, 0.2) is 0 Å². The minimum Gasteiger partial charge on any atom is -0.328 e. The monoisotopic (exact) mass is 349 g/mol. The molecule has 0 aliphatic carbocycles. The molecule has 3 aromatic rings. The fourth-order valence-electron chi connectivity index (χ4n) is 2.75. The quantitative estimate of drug-likeness (QED) is 0.661. The molecule has 1 N–H and O–H groups in total. The first-order valence-electron chi connectivity index (χ1n) is 8.74. The molecular formula is C20H23N5O. The number of aryl methyl sites for hydroxylation is 1. The zero-order valence-electron chi connectivity index (χ0n) is 14.9. The summed E-state index contributed by atoms with van der Waals surface area (Å²) in [5.41, 5.74) is 2.83. The van der Waals surface area contributed by atoms with E-state index in [0.717, 1.165) is 24.9 Å². The maximum absolute atomic E-state index is 12.5. The van der Waals surface area contributed by atoms with E-state index in [1.165, 1.54) is 11.9 Å². The molecule has 0 bridgehead atoms. The Labute approximate surface area is 153 Å². The standard InChI is InChI=1S/C20H23N5O/c1-24(14-8-7-11-17-9-3-2-4-10-17)20(26)23-18-12-5-6-13-19(18)25-16-21-15-22-25/h2-6,9-10,12-13,15-16H,7-8,11,14H2,1H3,(H,23,26). The number of hydrogen-bond donors (Lipinski definition) is 1. The molecule has 0 aliphatic heterocycles. The van der Waals surface area contributed by atoms with Gasteiger partial charge in [-0.2, -0.15) is 5.10 Å². The normalized spacial score (nSPS) is 10.5. The molecule has 134 valence electrons. The predicted octanol–water partition coefficient (Wildman–Crippen LogP) is 3.75. The van der Waals surface area contributed by atoms with Crippen molar-refractivity contribution in [2.24, 2.45) is 0 Å². The Morgan fingerprint density at radius 2 is 1.85 bits per heavy atom. The molecule has 6 nitrogen and oxygen atoms in total. The van der Waals surface area contributed by atoms with Crippen molar-refractivity contribution in [1.29, 1.82) is 0 Å². The van der Waals surface area contributed by atoms with Gasteiger partial charge in [0.25, 0.3) is 0 Å². The molecule has 0 saturated heterocycles. The molecule has 0 radical (unpaired) electrons. The average molecular weight is 349 g/mol. The van der Waals surface area contributed by atoms with Gasteiger partial charge >= 0.3 is 6.03 Å². The van der Waals surface area contributed by atoms with Crippen molar-refractivity contribution in [2.45, 2.75) is 19.3 Å². The first kappa shape index (κ1) is 17.7. The summed E-state index contributed by atoms with van der Waals surface area (Å²) in [7, 11) is 1.82. The van der Waals surface area contributed by atoms with E-state index in [2.05, 4.69) is 39.7 Å². The minimum absolute atomic E-state index is 0.128. The van der Waals surface area contributed by atoms with E-state index in [1.54, 1.807) is 15.9 Å². The number of urea groups is 1. The topological polar surface area (TPSA) is 63.1 Å². The minimum atomic E-state index is -0.128. The van der Waals surface area contributed by atoms with E-state index in [1.807, 2.05) is 37.4 Å². The average Bonchev–Trinajstić information content (AvgIpc) is 3.21. The van der Waals surface area contributed by atoms with E-state index in [-0.39, 0.29) is 6.03 Å². The number of nitrogens with one attached hydrogen (secondary N) is 1. The summed E-state index contributed by atoms with van der Waals surface area (Å²) in [5, 5.41) is 7.08. The first-order chi connectivity index (χ1) is 12.7. The number of carbonyl (C=O) groups excluding carboxylic acids is 1. The molecule has 26 heavy (non-hydrogen) atoms. The number of benzene rings is 2. The van der Waals surface area contributed by atoms with Gasteiger partial charge in [0.05, 0.1) is 11.4 Å². The van der Waals surface area contributed by atoms with Gasteiger partial charge in [0, 0.05) is 13.6 Å². The van der Waals surface area contributed by atoms with Crippen LogP contribution in [0.15, 0.2) is 67.3 Å². The molecule has 0 atom stereocenters. The van der Waals surface area contributed by atoms with E-state index in [9.17, 15) is 4.79 Å². The summed E-state index contributed by atoms with van der Waals surface area (Å²) in [6.45, 7) is 0.712. The van der Waals surface area contributed by atoms with E-state index in [4.69, 9.17) is 0 Å².